The van der Waals surface area contributed by atoms with Gasteiger partial charge in [0.15, 0.2) is 0 Å². The van der Waals surface area contributed by atoms with E-state index in [0.29, 0.717) is 6.42 Å². The van der Waals surface area contributed by atoms with Crippen molar-refractivity contribution in [3.8, 4) is 11.1 Å². The number of hydrogen-bond acceptors (Lipinski definition) is 6. The molecule has 0 unspecified atom stereocenters. The van der Waals surface area contributed by atoms with Gasteiger partial charge in [-0.1, -0.05) is 74.4 Å². The lowest BCUT2D eigenvalue weighted by atomic mass is 10.00. The lowest BCUT2D eigenvalue weighted by Crippen LogP contribution is -2.06. The monoisotopic (exact) mass is 432 g/mol. The van der Waals surface area contributed by atoms with Gasteiger partial charge in [-0.25, -0.2) is 0 Å². The molecule has 0 fully saturated rings. The van der Waals surface area contributed by atoms with Crippen molar-refractivity contribution in [2.24, 2.45) is 5.10 Å². The van der Waals surface area contributed by atoms with Gasteiger partial charge in [0.2, 0.25) is 0 Å². The van der Waals surface area contributed by atoms with Crippen LogP contribution in [0, 0.1) is 20.2 Å². The Morgan fingerprint density at radius 2 is 1.56 bits per heavy atom. The molecular weight excluding hydrogens is 408 g/mol. The predicted molar refractivity (Wildman–Crippen MR) is 126 cm³/mol. The van der Waals surface area contributed by atoms with Crippen molar-refractivity contribution in [1.82, 2.24) is 0 Å². The highest BCUT2D eigenvalue weighted by Gasteiger charge is 2.19. The van der Waals surface area contributed by atoms with Crippen LogP contribution in [0.15, 0.2) is 77.9 Å². The zero-order valence-corrected chi connectivity index (χ0v) is 17.7. The van der Waals surface area contributed by atoms with Gasteiger partial charge in [-0.05, 0) is 35.6 Å². The predicted octanol–water partition coefficient (Wildman–Crippen LogP) is 6.57. The number of anilines is 1. The number of nitro groups is 2. The molecule has 0 heterocycles. The SMILES string of the molecule is CCCCC/C(=N\Nc1ccc([N+](=O)[O-])cc1[N+](=O)[O-])c1ccc(-c2ccccc2)cc1. The van der Waals surface area contributed by atoms with Crippen LogP contribution >= 0.6 is 0 Å². The molecule has 3 aromatic carbocycles. The molecule has 0 radical (unpaired) electrons. The van der Waals surface area contributed by atoms with Gasteiger partial charge in [-0.2, -0.15) is 5.10 Å². The molecule has 0 spiro atoms. The molecule has 0 aliphatic rings. The quantitative estimate of drug-likeness (QED) is 0.169. The molecule has 0 bridgehead atoms. The molecule has 0 amide bonds. The number of hydrogen-bond donors (Lipinski definition) is 1. The van der Waals surface area contributed by atoms with Crippen LogP contribution in [0.25, 0.3) is 11.1 Å². The maximum Gasteiger partial charge on any atom is 0.301 e. The summed E-state index contributed by atoms with van der Waals surface area (Å²) < 4.78 is 0. The number of nitrogens with zero attached hydrogens (tertiary/aromatic N) is 3. The first-order valence-corrected chi connectivity index (χ1v) is 10.4. The topological polar surface area (TPSA) is 111 Å². The number of nitro benzene ring substituents is 2. The molecule has 8 heteroatoms. The average molecular weight is 432 g/mol. The van der Waals surface area contributed by atoms with Crippen molar-refractivity contribution in [2.75, 3.05) is 5.43 Å². The highest BCUT2D eigenvalue weighted by Crippen LogP contribution is 2.29. The largest absolute Gasteiger partial charge is 0.301 e. The molecule has 8 nitrogen and oxygen atoms in total. The molecular formula is C24H24N4O4. The molecule has 0 aromatic heterocycles. The molecule has 164 valence electrons. The van der Waals surface area contributed by atoms with E-state index in [2.05, 4.69) is 17.5 Å². The highest BCUT2D eigenvalue weighted by atomic mass is 16.6. The molecule has 0 saturated carbocycles. The molecule has 3 aromatic rings. The van der Waals surface area contributed by atoms with E-state index in [-0.39, 0.29) is 11.4 Å². The van der Waals surface area contributed by atoms with Crippen LogP contribution in [0.5, 0.6) is 0 Å². The highest BCUT2D eigenvalue weighted by molar-refractivity contribution is 6.01. The number of unbranched alkanes of at least 4 members (excludes halogenated alkanes) is 2. The lowest BCUT2D eigenvalue weighted by molar-refractivity contribution is -0.393. The maximum absolute atomic E-state index is 11.4. The third kappa shape index (κ3) is 5.75. The molecule has 32 heavy (non-hydrogen) atoms. The third-order valence-electron chi connectivity index (χ3n) is 5.04. The fourth-order valence-corrected chi connectivity index (χ4v) is 3.30. The minimum Gasteiger partial charge on any atom is -0.271 e. The minimum absolute atomic E-state index is 0.106. The van der Waals surface area contributed by atoms with E-state index in [4.69, 9.17) is 0 Å². The standard InChI is InChI=1S/C24H24N4O4/c1-2-3-5-10-22(20-13-11-19(12-14-20)18-8-6-4-7-9-18)25-26-23-16-15-21(27(29)30)17-24(23)28(31)32/h4,6-9,11-17,26H,2-3,5,10H2,1H3/b25-22+. The fourth-order valence-electron chi connectivity index (χ4n) is 3.30. The summed E-state index contributed by atoms with van der Waals surface area (Å²) in [5, 5.41) is 26.8. The average Bonchev–Trinajstić information content (AvgIpc) is 2.82. The Morgan fingerprint density at radius 3 is 2.19 bits per heavy atom. The first-order valence-electron chi connectivity index (χ1n) is 10.4. The molecule has 1 N–H and O–H groups in total. The summed E-state index contributed by atoms with van der Waals surface area (Å²) in [6.45, 7) is 2.12. The summed E-state index contributed by atoms with van der Waals surface area (Å²) in [5.41, 5.74) is 6.01. The summed E-state index contributed by atoms with van der Waals surface area (Å²) >= 11 is 0. The first kappa shape index (κ1) is 22.6. The van der Waals surface area contributed by atoms with Crippen LogP contribution in [0.3, 0.4) is 0 Å². The van der Waals surface area contributed by atoms with Crippen molar-refractivity contribution < 1.29 is 9.85 Å². The second kappa shape index (κ2) is 10.8. The zero-order chi connectivity index (χ0) is 22.9. The normalized spacial score (nSPS) is 11.2. The molecule has 0 aliphatic carbocycles. The number of rotatable bonds is 10. The Morgan fingerprint density at radius 1 is 0.875 bits per heavy atom. The maximum atomic E-state index is 11.4. The van der Waals surface area contributed by atoms with Crippen molar-refractivity contribution >= 4 is 22.8 Å². The van der Waals surface area contributed by atoms with E-state index in [0.717, 1.165) is 47.7 Å². The second-order valence-corrected chi connectivity index (χ2v) is 7.29. The van der Waals surface area contributed by atoms with Crippen LogP contribution in [0.2, 0.25) is 0 Å². The van der Waals surface area contributed by atoms with Gasteiger partial charge < -0.3 is 0 Å². The van der Waals surface area contributed by atoms with Crippen molar-refractivity contribution in [2.45, 2.75) is 32.6 Å². The second-order valence-electron chi connectivity index (χ2n) is 7.29. The van der Waals surface area contributed by atoms with Gasteiger partial charge in [-0.15, -0.1) is 0 Å². The summed E-state index contributed by atoms with van der Waals surface area (Å²) in [6.07, 6.45) is 3.73. The van der Waals surface area contributed by atoms with Gasteiger partial charge in [0.1, 0.15) is 5.69 Å². The van der Waals surface area contributed by atoms with Gasteiger partial charge in [0.25, 0.3) is 5.69 Å². The van der Waals surface area contributed by atoms with Crippen molar-refractivity contribution in [3.63, 3.8) is 0 Å². The van der Waals surface area contributed by atoms with E-state index in [9.17, 15) is 20.2 Å². The number of non-ortho nitro benzene ring substituents is 1. The van der Waals surface area contributed by atoms with Gasteiger partial charge in [0, 0.05) is 6.07 Å². The fraction of sp³-hybridized carbons (Fsp3) is 0.208. The molecule has 3 rings (SSSR count). The minimum atomic E-state index is -0.662. The van der Waals surface area contributed by atoms with E-state index < -0.39 is 15.5 Å². The number of hydrazone groups is 1. The van der Waals surface area contributed by atoms with E-state index >= 15 is 0 Å². The molecule has 0 saturated heterocycles. The van der Waals surface area contributed by atoms with Crippen LogP contribution in [-0.4, -0.2) is 15.6 Å². The van der Waals surface area contributed by atoms with Crippen LogP contribution in [0.4, 0.5) is 17.1 Å². The third-order valence-corrected chi connectivity index (χ3v) is 5.04. The van der Waals surface area contributed by atoms with Gasteiger partial charge in [-0.3, -0.25) is 25.7 Å². The zero-order valence-electron chi connectivity index (χ0n) is 17.7. The Labute approximate surface area is 185 Å². The Balaban J connectivity index is 1.89. The van der Waals surface area contributed by atoms with Crippen LogP contribution < -0.4 is 5.43 Å². The summed E-state index contributed by atoms with van der Waals surface area (Å²) in [6, 6.07) is 21.5. The Kier molecular flexibility index (Phi) is 7.64. The number of benzene rings is 3. The van der Waals surface area contributed by atoms with Crippen LogP contribution in [-0.2, 0) is 0 Å². The lowest BCUT2D eigenvalue weighted by Gasteiger charge is -2.10. The van der Waals surface area contributed by atoms with Crippen LogP contribution in [0.1, 0.15) is 38.2 Å². The summed E-state index contributed by atoms with van der Waals surface area (Å²) in [4.78, 5) is 21.0. The van der Waals surface area contributed by atoms with Crippen molar-refractivity contribution in [3.05, 3.63) is 98.6 Å². The van der Waals surface area contributed by atoms with E-state index in [1.165, 1.54) is 12.1 Å². The smallest absolute Gasteiger partial charge is 0.271 e. The molecule has 0 atom stereocenters. The van der Waals surface area contributed by atoms with E-state index in [1.54, 1.807) is 0 Å². The van der Waals surface area contributed by atoms with E-state index in [1.807, 2.05) is 54.6 Å². The molecule has 0 aliphatic heterocycles. The van der Waals surface area contributed by atoms with Gasteiger partial charge >= 0.3 is 5.69 Å². The van der Waals surface area contributed by atoms with Gasteiger partial charge in [0.05, 0.1) is 21.6 Å². The Hall–Kier alpha value is -4.07. The Bertz CT molecular complexity index is 1110. The number of nitrogens with one attached hydrogen (secondary N) is 1. The van der Waals surface area contributed by atoms with Crippen molar-refractivity contribution in [1.29, 1.82) is 0 Å². The summed E-state index contributed by atoms with van der Waals surface area (Å²) in [7, 11) is 0. The first-order chi connectivity index (χ1) is 15.5. The summed E-state index contributed by atoms with van der Waals surface area (Å²) in [5.74, 6) is 0.